The molecule has 0 aliphatic carbocycles. The van der Waals surface area contributed by atoms with Gasteiger partial charge in [-0.3, -0.25) is 10.1 Å². The van der Waals surface area contributed by atoms with Crippen molar-refractivity contribution in [1.29, 1.82) is 5.26 Å². The van der Waals surface area contributed by atoms with Crippen molar-refractivity contribution in [2.24, 2.45) is 0 Å². The average molecular weight is 388 g/mol. The van der Waals surface area contributed by atoms with E-state index in [1.165, 1.54) is 12.1 Å². The number of sulfone groups is 1. The Kier molecular flexibility index (Phi) is 4.96. The maximum absolute atomic E-state index is 12.7. The Morgan fingerprint density at radius 1 is 1.28 bits per heavy atom. The van der Waals surface area contributed by atoms with Crippen molar-refractivity contribution in [2.45, 2.75) is 11.1 Å². The maximum atomic E-state index is 12.7. The van der Waals surface area contributed by atoms with E-state index in [2.05, 4.69) is 0 Å². The fraction of sp³-hybridized carbons (Fsp3) is 0.0714. The van der Waals surface area contributed by atoms with Crippen molar-refractivity contribution in [2.75, 3.05) is 0 Å². The van der Waals surface area contributed by atoms with Gasteiger partial charge in [-0.2, -0.15) is 18.4 Å². The first-order chi connectivity index (χ1) is 11.6. The molecule has 0 unspecified atom stereocenters. The minimum Gasteiger partial charge on any atom is -0.258 e. The van der Waals surface area contributed by atoms with Gasteiger partial charge in [0.05, 0.1) is 15.4 Å². The van der Waals surface area contributed by atoms with Crippen molar-refractivity contribution < 1.29 is 26.5 Å². The second-order valence-corrected chi connectivity index (χ2v) is 7.59. The molecular weight excluding hydrogens is 381 g/mol. The van der Waals surface area contributed by atoms with E-state index in [1.54, 1.807) is 0 Å². The van der Waals surface area contributed by atoms with Crippen molar-refractivity contribution in [3.05, 3.63) is 61.9 Å². The zero-order valence-electron chi connectivity index (χ0n) is 12.0. The fourth-order valence-corrected chi connectivity index (χ4v) is 3.82. The highest BCUT2D eigenvalue weighted by molar-refractivity contribution is 7.95. The van der Waals surface area contributed by atoms with Crippen LogP contribution in [0, 0.1) is 21.4 Å². The first-order valence-corrected chi connectivity index (χ1v) is 8.64. The summed E-state index contributed by atoms with van der Waals surface area (Å²) < 4.78 is 63.0. The number of nitro groups is 1. The molecule has 0 fully saturated rings. The lowest BCUT2D eigenvalue weighted by molar-refractivity contribution is -0.380. The summed E-state index contributed by atoms with van der Waals surface area (Å²) in [6.45, 7) is 0. The lowest BCUT2D eigenvalue weighted by Gasteiger charge is -2.08. The maximum Gasteiger partial charge on any atom is 0.416 e. The van der Waals surface area contributed by atoms with Gasteiger partial charge in [0, 0.05) is 10.9 Å². The molecule has 1 heterocycles. The van der Waals surface area contributed by atoms with E-state index >= 15 is 0 Å². The summed E-state index contributed by atoms with van der Waals surface area (Å²) >= 11 is 0.632. The first kappa shape index (κ1) is 18.6. The van der Waals surface area contributed by atoms with Gasteiger partial charge in [-0.15, -0.1) is 0 Å². The molecule has 0 saturated carbocycles. The number of alkyl halides is 3. The first-order valence-electron chi connectivity index (χ1n) is 6.34. The summed E-state index contributed by atoms with van der Waals surface area (Å²) in [5.74, 6) is 0. The summed E-state index contributed by atoms with van der Waals surface area (Å²) in [4.78, 5) is 8.54. The quantitative estimate of drug-likeness (QED) is 0.447. The molecule has 0 atom stereocenters. The van der Waals surface area contributed by atoms with Crippen LogP contribution in [0.5, 0.6) is 0 Å². The highest BCUT2D eigenvalue weighted by Crippen LogP contribution is 2.32. The highest BCUT2D eigenvalue weighted by Gasteiger charge is 2.32. The molecule has 0 aliphatic rings. The van der Waals surface area contributed by atoms with E-state index in [4.69, 9.17) is 5.26 Å². The lowest BCUT2D eigenvalue weighted by atomic mass is 10.2. The SMILES string of the molecule is N#C/C(=C\c1ccc([N+](=O)[O-])s1)S(=O)(=O)c1cccc(C(F)(F)F)c1. The van der Waals surface area contributed by atoms with E-state index in [-0.39, 0.29) is 9.88 Å². The van der Waals surface area contributed by atoms with Gasteiger partial charge >= 0.3 is 11.2 Å². The van der Waals surface area contributed by atoms with Gasteiger partial charge in [-0.25, -0.2) is 8.42 Å². The van der Waals surface area contributed by atoms with Crippen LogP contribution >= 0.6 is 11.3 Å². The Hall–Kier alpha value is -2.71. The number of hydrogen-bond acceptors (Lipinski definition) is 6. The third-order valence-corrected chi connectivity index (χ3v) is 5.58. The van der Waals surface area contributed by atoms with E-state index in [0.29, 0.717) is 23.5 Å². The second kappa shape index (κ2) is 6.66. The monoisotopic (exact) mass is 388 g/mol. The van der Waals surface area contributed by atoms with Gasteiger partial charge in [0.15, 0.2) is 4.91 Å². The van der Waals surface area contributed by atoms with E-state index < -0.39 is 36.3 Å². The molecule has 130 valence electrons. The van der Waals surface area contributed by atoms with Crippen LogP contribution in [0.2, 0.25) is 0 Å². The third-order valence-electron chi connectivity index (χ3n) is 2.94. The van der Waals surface area contributed by atoms with Gasteiger partial charge in [0.2, 0.25) is 9.84 Å². The molecule has 1 aromatic carbocycles. The minimum atomic E-state index is -4.74. The summed E-state index contributed by atoms with van der Waals surface area (Å²) in [6, 6.07) is 6.77. The summed E-state index contributed by atoms with van der Waals surface area (Å²) in [6.07, 6.45) is -3.86. The molecule has 0 saturated heterocycles. The van der Waals surface area contributed by atoms with E-state index in [0.717, 1.165) is 24.3 Å². The minimum absolute atomic E-state index is 0.110. The van der Waals surface area contributed by atoms with Crippen LogP contribution in [0.3, 0.4) is 0 Å². The van der Waals surface area contributed by atoms with E-state index in [9.17, 15) is 31.7 Å². The van der Waals surface area contributed by atoms with Gasteiger partial charge in [0.1, 0.15) is 6.07 Å². The predicted octanol–water partition coefficient (Wildman–Crippen LogP) is 4.01. The Labute approximate surface area is 143 Å². The zero-order chi connectivity index (χ0) is 18.8. The zero-order valence-corrected chi connectivity index (χ0v) is 13.7. The summed E-state index contributed by atoms with van der Waals surface area (Å²) in [5.41, 5.74) is -1.17. The van der Waals surface area contributed by atoms with Crippen molar-refractivity contribution in [1.82, 2.24) is 0 Å². The fourth-order valence-electron chi connectivity index (χ4n) is 1.78. The Morgan fingerprint density at radius 3 is 2.48 bits per heavy atom. The van der Waals surface area contributed by atoms with Gasteiger partial charge in [0.25, 0.3) is 0 Å². The predicted molar refractivity (Wildman–Crippen MR) is 83.2 cm³/mol. The molecular formula is C14H7F3N2O4S2. The van der Waals surface area contributed by atoms with Crippen LogP contribution in [0.4, 0.5) is 18.2 Å². The third kappa shape index (κ3) is 4.04. The number of thiophene rings is 1. The molecule has 0 aliphatic heterocycles. The second-order valence-electron chi connectivity index (χ2n) is 4.58. The topological polar surface area (TPSA) is 101 Å². The van der Waals surface area contributed by atoms with Crippen LogP contribution in [-0.4, -0.2) is 13.3 Å². The molecule has 0 N–H and O–H groups in total. The van der Waals surface area contributed by atoms with Crippen molar-refractivity contribution in [3.63, 3.8) is 0 Å². The van der Waals surface area contributed by atoms with Crippen LogP contribution in [0.1, 0.15) is 10.4 Å². The van der Waals surface area contributed by atoms with Gasteiger partial charge < -0.3 is 0 Å². The van der Waals surface area contributed by atoms with Crippen LogP contribution in [0.25, 0.3) is 6.08 Å². The molecule has 0 spiro atoms. The van der Waals surface area contributed by atoms with Crippen molar-refractivity contribution >= 4 is 32.3 Å². The van der Waals surface area contributed by atoms with Crippen LogP contribution in [-0.2, 0) is 16.0 Å². The lowest BCUT2D eigenvalue weighted by Crippen LogP contribution is -2.08. The molecule has 0 radical (unpaired) electrons. The summed E-state index contributed by atoms with van der Waals surface area (Å²) in [5, 5.41) is 19.4. The number of benzene rings is 1. The number of nitrogens with zero attached hydrogens (tertiary/aromatic N) is 2. The van der Waals surface area contributed by atoms with Crippen LogP contribution < -0.4 is 0 Å². The van der Waals surface area contributed by atoms with Gasteiger partial charge in [-0.05, 0) is 30.3 Å². The Balaban J connectivity index is 2.51. The number of nitriles is 1. The van der Waals surface area contributed by atoms with Crippen molar-refractivity contribution in [3.8, 4) is 6.07 Å². The summed E-state index contributed by atoms with van der Waals surface area (Å²) in [7, 11) is -4.51. The number of hydrogen-bond donors (Lipinski definition) is 0. The molecule has 2 aromatic rings. The normalized spacial score (nSPS) is 12.6. The standard InChI is InChI=1S/C14H7F3N2O4S2/c15-14(16,17)9-2-1-3-11(6-9)25(22,23)12(8-18)7-10-4-5-13(24-10)19(20)21/h1-7H/b12-7+. The van der Waals surface area contributed by atoms with Crippen LogP contribution in [0.15, 0.2) is 46.2 Å². The molecule has 25 heavy (non-hydrogen) atoms. The average Bonchev–Trinajstić information content (AvgIpc) is 3.00. The Bertz CT molecular complexity index is 1000. The molecule has 0 bridgehead atoms. The molecule has 2 rings (SSSR count). The molecule has 11 heteroatoms. The molecule has 0 amide bonds. The van der Waals surface area contributed by atoms with E-state index in [1.807, 2.05) is 0 Å². The molecule has 6 nitrogen and oxygen atoms in total. The Morgan fingerprint density at radius 2 is 1.96 bits per heavy atom. The number of allylic oxidation sites excluding steroid dienone is 1. The number of halogens is 3. The van der Waals surface area contributed by atoms with Gasteiger partial charge in [-0.1, -0.05) is 17.4 Å². The smallest absolute Gasteiger partial charge is 0.258 e. The highest BCUT2D eigenvalue weighted by atomic mass is 32.2. The number of rotatable bonds is 4. The molecule has 1 aromatic heterocycles. The largest absolute Gasteiger partial charge is 0.416 e.